The minimum atomic E-state index is 0.704. The minimum Gasteiger partial charge on any atom is -0.378 e. The molecular formula is C10H13N5. The number of hydrogen-bond acceptors (Lipinski definition) is 4. The van der Waals surface area contributed by atoms with Crippen LogP contribution in [0.5, 0.6) is 0 Å². The number of aryl methyl sites for hydroxylation is 2. The summed E-state index contributed by atoms with van der Waals surface area (Å²) in [4.78, 5) is 4.20. The van der Waals surface area contributed by atoms with E-state index in [-0.39, 0.29) is 0 Å². The second kappa shape index (κ2) is 4.08. The van der Waals surface area contributed by atoms with Crippen LogP contribution < -0.4 is 5.32 Å². The third-order valence-electron chi connectivity index (χ3n) is 2.28. The Labute approximate surface area is 88.1 Å². The number of nitrogens with zero attached hydrogens (tertiary/aromatic N) is 4. The lowest BCUT2D eigenvalue weighted by Crippen LogP contribution is -2.06. The van der Waals surface area contributed by atoms with Gasteiger partial charge in [-0.2, -0.15) is 0 Å². The molecule has 0 fully saturated rings. The van der Waals surface area contributed by atoms with E-state index in [2.05, 4.69) is 20.6 Å². The largest absolute Gasteiger partial charge is 0.378 e. The van der Waals surface area contributed by atoms with Crippen molar-refractivity contribution in [3.05, 3.63) is 35.9 Å². The monoisotopic (exact) mass is 203 g/mol. The molecule has 0 aliphatic heterocycles. The van der Waals surface area contributed by atoms with Crippen molar-refractivity contribution in [1.82, 2.24) is 20.0 Å². The van der Waals surface area contributed by atoms with E-state index in [9.17, 15) is 0 Å². The van der Waals surface area contributed by atoms with E-state index in [1.54, 1.807) is 17.1 Å². The lowest BCUT2D eigenvalue weighted by molar-refractivity contribution is 0.683. The van der Waals surface area contributed by atoms with Crippen LogP contribution in [0.4, 0.5) is 5.69 Å². The van der Waals surface area contributed by atoms with Crippen molar-refractivity contribution in [3.8, 4) is 0 Å². The molecule has 0 saturated carbocycles. The van der Waals surface area contributed by atoms with E-state index in [0.29, 0.717) is 6.54 Å². The van der Waals surface area contributed by atoms with Crippen molar-refractivity contribution in [3.63, 3.8) is 0 Å². The molecule has 0 radical (unpaired) electrons. The zero-order valence-electron chi connectivity index (χ0n) is 8.81. The number of pyridine rings is 1. The highest BCUT2D eigenvalue weighted by Crippen LogP contribution is 2.11. The van der Waals surface area contributed by atoms with Crippen molar-refractivity contribution in [2.45, 2.75) is 13.5 Å². The maximum Gasteiger partial charge on any atom is 0.0774 e. The standard InChI is InChI=1S/C10H13N5/c1-8-10(4-3-5-11-8)12-6-9-7-13-14-15(9)2/h3-5,7,12H,6H2,1-2H3. The van der Waals surface area contributed by atoms with E-state index < -0.39 is 0 Å². The van der Waals surface area contributed by atoms with Gasteiger partial charge in [0.1, 0.15) is 0 Å². The van der Waals surface area contributed by atoms with E-state index >= 15 is 0 Å². The van der Waals surface area contributed by atoms with Crippen LogP contribution in [-0.4, -0.2) is 20.0 Å². The molecular weight excluding hydrogens is 190 g/mol. The summed E-state index contributed by atoms with van der Waals surface area (Å²) in [5, 5.41) is 11.0. The zero-order chi connectivity index (χ0) is 10.7. The van der Waals surface area contributed by atoms with Crippen molar-refractivity contribution in [1.29, 1.82) is 0 Å². The number of aromatic nitrogens is 4. The molecule has 78 valence electrons. The predicted octanol–water partition coefficient (Wildman–Crippen LogP) is 1.13. The first-order valence-electron chi connectivity index (χ1n) is 4.76. The Balaban J connectivity index is 2.06. The number of hydrogen-bond donors (Lipinski definition) is 1. The van der Waals surface area contributed by atoms with Crippen LogP contribution in [0.3, 0.4) is 0 Å². The fraction of sp³-hybridized carbons (Fsp3) is 0.300. The Morgan fingerprint density at radius 2 is 2.33 bits per heavy atom. The Hall–Kier alpha value is -1.91. The number of rotatable bonds is 3. The summed E-state index contributed by atoms with van der Waals surface area (Å²) in [7, 11) is 1.88. The first-order valence-corrected chi connectivity index (χ1v) is 4.76. The van der Waals surface area contributed by atoms with E-state index in [4.69, 9.17) is 0 Å². The summed E-state index contributed by atoms with van der Waals surface area (Å²) in [5.41, 5.74) is 3.07. The molecule has 0 amide bonds. The van der Waals surface area contributed by atoms with Crippen molar-refractivity contribution in [2.75, 3.05) is 5.32 Å². The molecule has 15 heavy (non-hydrogen) atoms. The SMILES string of the molecule is Cc1ncccc1NCc1cnnn1C. The van der Waals surface area contributed by atoms with Crippen LogP contribution in [0, 0.1) is 6.92 Å². The van der Waals surface area contributed by atoms with Gasteiger partial charge in [0.05, 0.1) is 29.8 Å². The normalized spacial score (nSPS) is 10.3. The second-order valence-electron chi connectivity index (χ2n) is 3.34. The molecule has 2 aromatic rings. The molecule has 0 aliphatic rings. The zero-order valence-corrected chi connectivity index (χ0v) is 8.81. The van der Waals surface area contributed by atoms with Gasteiger partial charge in [-0.15, -0.1) is 5.10 Å². The van der Waals surface area contributed by atoms with Crippen LogP contribution in [0.1, 0.15) is 11.4 Å². The Bertz CT molecular complexity index is 449. The summed E-state index contributed by atoms with van der Waals surface area (Å²) in [6.07, 6.45) is 3.53. The van der Waals surface area contributed by atoms with Gasteiger partial charge in [-0.1, -0.05) is 5.21 Å². The van der Waals surface area contributed by atoms with Crippen molar-refractivity contribution in [2.24, 2.45) is 7.05 Å². The third-order valence-corrected chi connectivity index (χ3v) is 2.28. The molecule has 0 atom stereocenters. The van der Waals surface area contributed by atoms with Gasteiger partial charge in [0.2, 0.25) is 0 Å². The van der Waals surface area contributed by atoms with Gasteiger partial charge in [-0.25, -0.2) is 0 Å². The van der Waals surface area contributed by atoms with Gasteiger partial charge in [0.25, 0.3) is 0 Å². The first-order chi connectivity index (χ1) is 7.27. The van der Waals surface area contributed by atoms with Crippen LogP contribution in [0.25, 0.3) is 0 Å². The number of nitrogens with one attached hydrogen (secondary N) is 1. The van der Waals surface area contributed by atoms with Crippen LogP contribution in [0.15, 0.2) is 24.5 Å². The highest BCUT2D eigenvalue weighted by Gasteiger charge is 2.01. The Morgan fingerprint density at radius 3 is 3.00 bits per heavy atom. The highest BCUT2D eigenvalue weighted by molar-refractivity contribution is 5.46. The molecule has 5 nitrogen and oxygen atoms in total. The third kappa shape index (κ3) is 2.12. The molecule has 1 N–H and O–H groups in total. The summed E-state index contributed by atoms with van der Waals surface area (Å²) >= 11 is 0. The van der Waals surface area contributed by atoms with Gasteiger partial charge in [-0.05, 0) is 19.1 Å². The van der Waals surface area contributed by atoms with E-state index in [1.165, 1.54) is 0 Å². The average molecular weight is 203 g/mol. The van der Waals surface area contributed by atoms with Gasteiger partial charge in [0, 0.05) is 13.2 Å². The quantitative estimate of drug-likeness (QED) is 0.812. The maximum atomic E-state index is 4.20. The fourth-order valence-corrected chi connectivity index (χ4v) is 1.33. The molecule has 0 bridgehead atoms. The fourth-order valence-electron chi connectivity index (χ4n) is 1.33. The van der Waals surface area contributed by atoms with Gasteiger partial charge >= 0.3 is 0 Å². The minimum absolute atomic E-state index is 0.704. The average Bonchev–Trinajstić information content (AvgIpc) is 2.63. The smallest absolute Gasteiger partial charge is 0.0774 e. The Morgan fingerprint density at radius 1 is 1.47 bits per heavy atom. The van der Waals surface area contributed by atoms with E-state index in [1.807, 2.05) is 26.1 Å². The summed E-state index contributed by atoms with van der Waals surface area (Å²) in [6, 6.07) is 3.92. The van der Waals surface area contributed by atoms with Crippen molar-refractivity contribution < 1.29 is 0 Å². The topological polar surface area (TPSA) is 55.6 Å². The van der Waals surface area contributed by atoms with Gasteiger partial charge in [0.15, 0.2) is 0 Å². The molecule has 5 heteroatoms. The lowest BCUT2D eigenvalue weighted by Gasteiger charge is -2.07. The molecule has 2 rings (SSSR count). The van der Waals surface area contributed by atoms with Gasteiger partial charge < -0.3 is 5.32 Å². The summed E-state index contributed by atoms with van der Waals surface area (Å²) in [6.45, 7) is 2.68. The van der Waals surface area contributed by atoms with Crippen LogP contribution in [-0.2, 0) is 13.6 Å². The molecule has 0 aliphatic carbocycles. The predicted molar refractivity (Wildman–Crippen MR) is 57.3 cm³/mol. The molecule has 0 unspecified atom stereocenters. The highest BCUT2D eigenvalue weighted by atomic mass is 15.4. The summed E-state index contributed by atoms with van der Waals surface area (Å²) < 4.78 is 1.75. The first kappa shape index (κ1) is 9.64. The van der Waals surface area contributed by atoms with E-state index in [0.717, 1.165) is 17.1 Å². The van der Waals surface area contributed by atoms with Gasteiger partial charge in [-0.3, -0.25) is 9.67 Å². The molecule has 0 aromatic carbocycles. The maximum absolute atomic E-state index is 4.20. The molecule has 2 heterocycles. The van der Waals surface area contributed by atoms with Crippen LogP contribution >= 0.6 is 0 Å². The molecule has 0 spiro atoms. The molecule has 2 aromatic heterocycles. The summed E-state index contributed by atoms with van der Waals surface area (Å²) in [5.74, 6) is 0. The second-order valence-corrected chi connectivity index (χ2v) is 3.34. The lowest BCUT2D eigenvalue weighted by atomic mass is 10.3. The Kier molecular flexibility index (Phi) is 2.62. The number of anilines is 1. The van der Waals surface area contributed by atoms with Crippen LogP contribution in [0.2, 0.25) is 0 Å². The molecule has 0 saturated heterocycles. The van der Waals surface area contributed by atoms with Crippen molar-refractivity contribution >= 4 is 5.69 Å².